The third-order valence-corrected chi connectivity index (χ3v) is 10.2. The number of sulfonamides is 1. The van der Waals surface area contributed by atoms with Gasteiger partial charge in [-0.15, -0.1) is 0 Å². The van der Waals surface area contributed by atoms with Crippen LogP contribution in [-0.2, 0) is 21.8 Å². The van der Waals surface area contributed by atoms with Crippen molar-refractivity contribution in [2.24, 2.45) is 13.0 Å². The second kappa shape index (κ2) is 17.0. The molecule has 1 aliphatic rings. The van der Waals surface area contributed by atoms with E-state index in [1.165, 1.54) is 28.8 Å². The fourth-order valence-electron chi connectivity index (χ4n) is 5.46. The lowest BCUT2D eigenvalue weighted by Crippen LogP contribution is -2.48. The summed E-state index contributed by atoms with van der Waals surface area (Å²) in [5, 5.41) is 15.7. The first-order chi connectivity index (χ1) is 23.3. The number of aliphatic hydroxyl groups excluding tert-OH is 1. The Kier molecular flexibility index (Phi) is 13.0. The number of ether oxygens (including phenoxy) is 3. The number of fused-ring (bicyclic) bond motifs is 1. The van der Waals surface area contributed by atoms with Crippen LogP contribution >= 0.6 is 0 Å². The zero-order chi connectivity index (χ0) is 35.7. The number of nitrogens with one attached hydrogen (secondary N) is 2. The van der Waals surface area contributed by atoms with Crippen molar-refractivity contribution in [3.63, 3.8) is 0 Å². The van der Waals surface area contributed by atoms with Gasteiger partial charge in [0, 0.05) is 57.3 Å². The molecule has 0 saturated carbocycles. The Morgan fingerprint density at radius 3 is 2.49 bits per heavy atom. The van der Waals surface area contributed by atoms with E-state index in [4.69, 9.17) is 14.2 Å². The summed E-state index contributed by atoms with van der Waals surface area (Å²) in [7, 11) is 0.848. The highest BCUT2D eigenvalue weighted by Crippen LogP contribution is 2.29. The predicted molar refractivity (Wildman–Crippen MR) is 186 cm³/mol. The minimum Gasteiger partial charge on any atom is -0.497 e. The molecule has 1 aromatic heterocycles. The van der Waals surface area contributed by atoms with Gasteiger partial charge in [-0.25, -0.2) is 18.2 Å². The Labute approximate surface area is 288 Å². The maximum Gasteiger partial charge on any atom is 0.323 e. The molecule has 4 atom stereocenters. The first kappa shape index (κ1) is 37.6. The molecule has 0 radical (unpaired) electrons. The van der Waals surface area contributed by atoms with E-state index in [2.05, 4.69) is 15.6 Å². The standard InChI is InChI=1S/C34H48N6O8S/c1-23-18-40(24(2)21-41)33(42)29-17-27(37-34(43)36-26-10-13-28(46-6)14-11-26)12-15-30(29)48-25(3)9-7-8-16-47-31(23)19-39(5)49(44,45)32-20-38(4)22-35-32/h10-15,17,20,22-25,31,41H,7-9,16,18-19,21H2,1-6H3,(H2,36,37,43)/t23-,24+,25-,31+/m1/s1. The van der Waals surface area contributed by atoms with Gasteiger partial charge in [-0.3, -0.25) is 4.79 Å². The number of carbonyl (C=O) groups is 2. The average Bonchev–Trinajstić information content (AvgIpc) is 3.53. The fourth-order valence-corrected chi connectivity index (χ4v) is 6.61. The van der Waals surface area contributed by atoms with Crippen LogP contribution in [0, 0.1) is 5.92 Å². The Hall–Kier alpha value is -4.18. The number of aryl methyl sites for hydroxylation is 1. The fraction of sp³-hybridized carbons (Fsp3) is 0.500. The second-order valence-electron chi connectivity index (χ2n) is 12.5. The van der Waals surface area contributed by atoms with Crippen LogP contribution in [0.1, 0.15) is 50.4 Å². The van der Waals surface area contributed by atoms with Crippen LogP contribution in [0.3, 0.4) is 0 Å². The summed E-state index contributed by atoms with van der Waals surface area (Å²) in [6, 6.07) is 10.6. The number of aliphatic hydroxyl groups is 1. The van der Waals surface area contributed by atoms with Crippen molar-refractivity contribution < 1.29 is 37.3 Å². The summed E-state index contributed by atoms with van der Waals surface area (Å²) in [5.74, 6) is 0.245. The number of carbonyl (C=O) groups excluding carboxylic acids is 2. The predicted octanol–water partition coefficient (Wildman–Crippen LogP) is 4.19. The van der Waals surface area contributed by atoms with Gasteiger partial charge in [-0.2, -0.15) is 4.31 Å². The van der Waals surface area contributed by atoms with Crippen LogP contribution in [0.5, 0.6) is 11.5 Å². The Morgan fingerprint density at radius 2 is 1.84 bits per heavy atom. The summed E-state index contributed by atoms with van der Waals surface area (Å²) in [6.45, 7) is 5.81. The van der Waals surface area contributed by atoms with Gasteiger partial charge in [0.25, 0.3) is 15.9 Å². The minimum atomic E-state index is -3.89. The van der Waals surface area contributed by atoms with E-state index in [0.717, 1.165) is 12.8 Å². The molecule has 4 rings (SSSR count). The smallest absolute Gasteiger partial charge is 0.323 e. The highest BCUT2D eigenvalue weighted by molar-refractivity contribution is 7.89. The van der Waals surface area contributed by atoms with E-state index in [1.807, 2.05) is 13.8 Å². The molecule has 2 heterocycles. The Morgan fingerprint density at radius 1 is 1.14 bits per heavy atom. The lowest BCUT2D eigenvalue weighted by Gasteiger charge is -2.35. The SMILES string of the molecule is COc1ccc(NC(=O)Nc2ccc3c(c2)C(=O)N([C@@H](C)CO)C[C@@H](C)[C@H](CN(C)S(=O)(=O)c2cn(C)cn2)OCCCC[C@@H](C)O3)cc1. The zero-order valence-corrected chi connectivity index (χ0v) is 29.8. The third-order valence-electron chi connectivity index (χ3n) is 8.45. The van der Waals surface area contributed by atoms with E-state index >= 15 is 0 Å². The number of amides is 3. The van der Waals surface area contributed by atoms with Crippen molar-refractivity contribution in [1.29, 1.82) is 0 Å². The summed E-state index contributed by atoms with van der Waals surface area (Å²) in [4.78, 5) is 32.8. The lowest BCUT2D eigenvalue weighted by atomic mass is 10.0. The number of anilines is 2. The molecule has 2 aromatic carbocycles. The molecule has 14 nitrogen and oxygen atoms in total. The summed E-state index contributed by atoms with van der Waals surface area (Å²) in [5.41, 5.74) is 1.13. The first-order valence-corrected chi connectivity index (χ1v) is 17.8. The van der Waals surface area contributed by atoms with Gasteiger partial charge in [-0.1, -0.05) is 6.92 Å². The molecule has 0 unspecified atom stereocenters. The number of aromatic nitrogens is 2. The molecule has 3 amide bonds. The third kappa shape index (κ3) is 9.94. The van der Waals surface area contributed by atoms with E-state index in [-0.39, 0.29) is 42.3 Å². The molecule has 3 N–H and O–H groups in total. The van der Waals surface area contributed by atoms with Gasteiger partial charge in [-0.05, 0) is 75.6 Å². The van der Waals surface area contributed by atoms with E-state index in [9.17, 15) is 23.1 Å². The molecule has 0 spiro atoms. The van der Waals surface area contributed by atoms with Gasteiger partial charge in [0.15, 0.2) is 5.03 Å². The molecule has 0 fully saturated rings. The zero-order valence-electron chi connectivity index (χ0n) is 29.0. The van der Waals surface area contributed by atoms with Crippen LogP contribution in [0.25, 0.3) is 0 Å². The number of methoxy groups -OCH3 is 1. The Balaban J connectivity index is 1.61. The quantitative estimate of drug-likeness (QED) is 0.297. The van der Waals surface area contributed by atoms with Gasteiger partial charge >= 0.3 is 6.03 Å². The molecule has 0 aliphatic carbocycles. The van der Waals surface area contributed by atoms with Crippen LogP contribution in [0.2, 0.25) is 0 Å². The van der Waals surface area contributed by atoms with E-state index < -0.39 is 34.1 Å². The summed E-state index contributed by atoms with van der Waals surface area (Å²) < 4.78 is 47.1. The second-order valence-corrected chi connectivity index (χ2v) is 14.5. The van der Waals surface area contributed by atoms with Crippen molar-refractivity contribution in [3.05, 3.63) is 60.6 Å². The van der Waals surface area contributed by atoms with Crippen molar-refractivity contribution >= 4 is 33.3 Å². The maximum absolute atomic E-state index is 14.4. The number of urea groups is 1. The van der Waals surface area contributed by atoms with Gasteiger partial charge in [0.1, 0.15) is 11.5 Å². The highest BCUT2D eigenvalue weighted by Gasteiger charge is 2.33. The summed E-state index contributed by atoms with van der Waals surface area (Å²) >= 11 is 0. The van der Waals surface area contributed by atoms with Crippen molar-refractivity contribution in [2.75, 3.05) is 51.1 Å². The number of likely N-dealkylation sites (N-methyl/N-ethyl adjacent to an activating group) is 1. The van der Waals surface area contributed by atoms with Crippen LogP contribution in [0.4, 0.5) is 16.2 Å². The molecule has 0 saturated heterocycles. The molecule has 1 aliphatic heterocycles. The van der Waals surface area contributed by atoms with E-state index in [1.54, 1.807) is 68.1 Å². The molecule has 3 aromatic rings. The highest BCUT2D eigenvalue weighted by atomic mass is 32.2. The number of imidazole rings is 1. The molecular formula is C34H48N6O8S. The monoisotopic (exact) mass is 700 g/mol. The molecule has 15 heteroatoms. The van der Waals surface area contributed by atoms with Crippen LogP contribution in [-0.4, -0.2) is 103 Å². The topological polar surface area (TPSA) is 165 Å². The summed E-state index contributed by atoms with van der Waals surface area (Å²) in [6.07, 6.45) is 4.26. The molecule has 0 bridgehead atoms. The lowest BCUT2D eigenvalue weighted by molar-refractivity contribution is -0.00835. The van der Waals surface area contributed by atoms with Crippen LogP contribution < -0.4 is 20.1 Å². The van der Waals surface area contributed by atoms with Crippen LogP contribution in [0.15, 0.2) is 60.0 Å². The number of hydrogen-bond donors (Lipinski definition) is 3. The number of hydrogen-bond acceptors (Lipinski definition) is 9. The molecule has 49 heavy (non-hydrogen) atoms. The van der Waals surface area contributed by atoms with E-state index in [0.29, 0.717) is 35.9 Å². The van der Waals surface area contributed by atoms with Gasteiger partial charge < -0.3 is 39.4 Å². The van der Waals surface area contributed by atoms with Gasteiger partial charge in [0.05, 0.1) is 43.9 Å². The van der Waals surface area contributed by atoms with Gasteiger partial charge in [0.2, 0.25) is 0 Å². The number of rotatable bonds is 9. The molecular weight excluding hydrogens is 652 g/mol. The average molecular weight is 701 g/mol. The Bertz CT molecular complexity index is 1660. The number of benzene rings is 2. The molecule has 268 valence electrons. The van der Waals surface area contributed by atoms with Crippen molar-refractivity contribution in [2.45, 2.75) is 63.3 Å². The maximum atomic E-state index is 14.4. The van der Waals surface area contributed by atoms with Crippen molar-refractivity contribution in [3.8, 4) is 11.5 Å². The largest absolute Gasteiger partial charge is 0.497 e. The first-order valence-electron chi connectivity index (χ1n) is 16.3. The normalized spacial score (nSPS) is 20.1. The minimum absolute atomic E-state index is 0.0308. The van der Waals surface area contributed by atoms with Crippen molar-refractivity contribution in [1.82, 2.24) is 18.8 Å². The number of nitrogens with zero attached hydrogens (tertiary/aromatic N) is 4.